The molecule has 0 radical (unpaired) electrons. The number of piperidine rings is 2. The van der Waals surface area contributed by atoms with E-state index in [1.54, 1.807) is 29.0 Å². The Kier molecular flexibility index (Phi) is 3.54. The molecule has 2 saturated heterocycles. The lowest BCUT2D eigenvalue weighted by Crippen LogP contribution is -2.69. The highest BCUT2D eigenvalue weighted by Crippen LogP contribution is 2.59. The lowest BCUT2D eigenvalue weighted by Gasteiger charge is -2.61. The van der Waals surface area contributed by atoms with Crippen LogP contribution in [0.2, 0.25) is 5.02 Å². The molecule has 2 heterocycles. The van der Waals surface area contributed by atoms with Gasteiger partial charge in [-0.3, -0.25) is 0 Å². The molecule has 4 nitrogen and oxygen atoms in total. The van der Waals surface area contributed by atoms with Gasteiger partial charge in [0.2, 0.25) is 0 Å². The van der Waals surface area contributed by atoms with Crippen molar-refractivity contribution < 1.29 is 14.2 Å². The molecule has 4 fully saturated rings. The summed E-state index contributed by atoms with van der Waals surface area (Å²) in [6.07, 6.45) is 4.49. The molecule has 2 saturated carbocycles. The molecule has 2 aliphatic heterocycles. The van der Waals surface area contributed by atoms with Crippen LogP contribution in [0.1, 0.15) is 56.3 Å². The predicted molar refractivity (Wildman–Crippen MR) is 91.1 cm³/mol. The van der Waals surface area contributed by atoms with Crippen molar-refractivity contribution in [1.82, 2.24) is 0 Å². The van der Waals surface area contributed by atoms with Gasteiger partial charge in [0, 0.05) is 49.0 Å². The minimum absolute atomic E-state index is 0.0328. The Morgan fingerprint density at radius 1 is 1.25 bits per heavy atom. The molecule has 5 heteroatoms. The van der Waals surface area contributed by atoms with E-state index in [0.717, 1.165) is 32.1 Å². The van der Waals surface area contributed by atoms with Crippen LogP contribution in [0, 0.1) is 11.8 Å². The van der Waals surface area contributed by atoms with Gasteiger partial charge in [0.15, 0.2) is 5.54 Å². The van der Waals surface area contributed by atoms with Gasteiger partial charge in [0.05, 0.1) is 5.56 Å². The molecule has 4 bridgehead atoms. The summed E-state index contributed by atoms with van der Waals surface area (Å²) < 4.78 is 7.58. The molecule has 1 aromatic rings. The zero-order valence-corrected chi connectivity index (χ0v) is 14.9. The van der Waals surface area contributed by atoms with Gasteiger partial charge in [-0.05, 0) is 31.2 Å². The summed E-state index contributed by atoms with van der Waals surface area (Å²) in [4.78, 5) is 12.5. The summed E-state index contributed by atoms with van der Waals surface area (Å²) in [5, 5.41) is 0.613. The van der Waals surface area contributed by atoms with Gasteiger partial charge in [-0.2, -0.15) is 0 Å². The van der Waals surface area contributed by atoms with Crippen LogP contribution in [-0.2, 0) is 4.74 Å². The predicted octanol–water partition coefficient (Wildman–Crippen LogP) is 4.64. The van der Waals surface area contributed by atoms with E-state index in [9.17, 15) is 10.3 Å². The number of carbonyl (C=O) groups is 1. The van der Waals surface area contributed by atoms with Gasteiger partial charge in [-0.25, -0.2) is 4.79 Å². The molecule has 128 valence electrons. The highest BCUT2D eigenvalue weighted by Gasteiger charge is 2.66. The highest BCUT2D eigenvalue weighted by molar-refractivity contribution is 6.30. The number of nitrogens with zero attached hydrogens (tertiary/aromatic N) is 2. The molecule has 0 N–H and O–H groups in total. The van der Waals surface area contributed by atoms with Crippen LogP contribution in [0.3, 0.4) is 0 Å². The average Bonchev–Trinajstić information content (AvgIpc) is 2.54. The highest BCUT2D eigenvalue weighted by atomic mass is 35.5. The molecular weight excluding hydrogens is 324 g/mol. The van der Waals surface area contributed by atoms with E-state index >= 15 is 0 Å². The first-order valence-corrected chi connectivity index (χ1v) is 9.20. The molecule has 0 aromatic heterocycles. The largest absolute Gasteiger partial charge is 0.506 e. The zero-order valence-electron chi connectivity index (χ0n) is 14.2. The summed E-state index contributed by atoms with van der Waals surface area (Å²) >= 11 is 5.89. The van der Waals surface area contributed by atoms with Crippen LogP contribution in [0.5, 0.6) is 0 Å². The van der Waals surface area contributed by atoms with Gasteiger partial charge >= 0.3 is 5.97 Å². The normalized spacial score (nSPS) is 40.0. The topological polar surface area (TPSA) is 51.6 Å². The minimum atomic E-state index is -0.263. The summed E-state index contributed by atoms with van der Waals surface area (Å²) in [7, 11) is 0. The van der Waals surface area contributed by atoms with Crippen molar-refractivity contribution in [3.8, 4) is 0 Å². The Morgan fingerprint density at radius 2 is 1.83 bits per heavy atom. The van der Waals surface area contributed by atoms with Crippen LogP contribution < -0.4 is 0 Å². The van der Waals surface area contributed by atoms with Crippen molar-refractivity contribution in [2.45, 2.75) is 63.1 Å². The van der Waals surface area contributed by atoms with Crippen LogP contribution in [0.4, 0.5) is 0 Å². The molecule has 4 aliphatic rings. The van der Waals surface area contributed by atoms with Crippen molar-refractivity contribution in [3.63, 3.8) is 0 Å². The molecule has 24 heavy (non-hydrogen) atoms. The Balaban J connectivity index is 1.56. The number of hydrogen-bond acceptors (Lipinski definition) is 2. The number of rotatable bonds is 3. The molecule has 0 spiro atoms. The second kappa shape index (κ2) is 5.29. The molecule has 2 atom stereocenters. The lowest BCUT2D eigenvalue weighted by atomic mass is 9.52. The van der Waals surface area contributed by atoms with E-state index in [0.29, 0.717) is 22.4 Å². The van der Waals surface area contributed by atoms with Crippen LogP contribution in [0.25, 0.3) is 5.53 Å². The number of carbonyl (C=O) groups excluding carboxylic acids is 1. The van der Waals surface area contributed by atoms with E-state index in [2.05, 4.69) is 13.8 Å². The van der Waals surface area contributed by atoms with Crippen molar-refractivity contribution >= 4 is 17.6 Å². The first kappa shape index (κ1) is 16.1. The summed E-state index contributed by atoms with van der Waals surface area (Å²) in [6.45, 7) is 4.29. The van der Waals surface area contributed by atoms with Crippen LogP contribution >= 0.6 is 11.6 Å². The third kappa shape index (κ3) is 2.22. The number of esters is 1. The molecule has 2 unspecified atom stereocenters. The smallest absolute Gasteiger partial charge is 0.338 e. The van der Waals surface area contributed by atoms with Crippen molar-refractivity contribution in [2.24, 2.45) is 11.8 Å². The fourth-order valence-corrected chi connectivity index (χ4v) is 5.72. The number of hydrogen-bond donors (Lipinski definition) is 0. The Morgan fingerprint density at radius 3 is 2.38 bits per heavy atom. The average molecular weight is 347 g/mol. The maximum atomic E-state index is 12.5. The first-order valence-electron chi connectivity index (χ1n) is 8.83. The quantitative estimate of drug-likeness (QED) is 0.591. The van der Waals surface area contributed by atoms with E-state index in [1.807, 2.05) is 0 Å². The van der Waals surface area contributed by atoms with E-state index in [-0.39, 0.29) is 23.2 Å². The number of benzene rings is 1. The molecule has 1 aromatic carbocycles. The molecule has 2 aliphatic carbocycles. The fraction of sp³-hybridized carbons (Fsp3) is 0.632. The number of halogens is 1. The third-order valence-corrected chi connectivity index (χ3v) is 6.81. The van der Waals surface area contributed by atoms with Crippen molar-refractivity contribution in [1.29, 1.82) is 0 Å². The van der Waals surface area contributed by atoms with Gasteiger partial charge in [-0.15, -0.1) is 0 Å². The Labute approximate surface area is 147 Å². The first-order chi connectivity index (χ1) is 11.4. The summed E-state index contributed by atoms with van der Waals surface area (Å²) in [5.74, 6) is 0.407. The fourth-order valence-electron chi connectivity index (χ4n) is 5.59. The van der Waals surface area contributed by atoms with E-state index in [1.165, 1.54) is 0 Å². The van der Waals surface area contributed by atoms with Crippen LogP contribution in [0.15, 0.2) is 24.3 Å². The standard InChI is InChI=1S/C19H23ClN2O2/c1-3-19-10-13-8-18(2,22(19)21)9-14(11-19)16(13)24-17(23)12-4-6-15(20)7-5-12/h4-7,13-14,16H,3,8-11H2,1-2H3. The SMILES string of the molecule is CCC12CC3CC(C)(CC(C1)C3OC(=O)c1ccc(Cl)cc1)[N+]2=[N-]. The zero-order chi connectivity index (χ0) is 17.1. The maximum absolute atomic E-state index is 12.5. The number of ether oxygens (including phenoxy) is 1. The van der Waals surface area contributed by atoms with Gasteiger partial charge in [0.25, 0.3) is 0 Å². The monoisotopic (exact) mass is 346 g/mol. The molecule has 0 amide bonds. The van der Waals surface area contributed by atoms with Gasteiger partial charge in [0.1, 0.15) is 11.6 Å². The van der Waals surface area contributed by atoms with Crippen molar-refractivity contribution in [3.05, 3.63) is 40.4 Å². The van der Waals surface area contributed by atoms with E-state index in [4.69, 9.17) is 16.3 Å². The lowest BCUT2D eigenvalue weighted by molar-refractivity contribution is -0.728. The Bertz CT molecular complexity index is 684. The van der Waals surface area contributed by atoms with Crippen molar-refractivity contribution in [2.75, 3.05) is 0 Å². The summed E-state index contributed by atoms with van der Waals surface area (Å²) in [6, 6.07) is 6.85. The van der Waals surface area contributed by atoms with Gasteiger partial charge in [-0.1, -0.05) is 18.5 Å². The maximum Gasteiger partial charge on any atom is 0.338 e. The second-order valence-electron chi connectivity index (χ2n) is 8.10. The molecular formula is C19H23ClN2O2. The second-order valence-corrected chi connectivity index (χ2v) is 8.54. The Hall–Kier alpha value is -1.42. The molecule has 5 rings (SSSR count). The van der Waals surface area contributed by atoms with Gasteiger partial charge < -0.3 is 15.0 Å². The summed E-state index contributed by atoms with van der Waals surface area (Å²) in [5.41, 5.74) is 11.0. The van der Waals surface area contributed by atoms with Crippen LogP contribution in [-0.4, -0.2) is 27.8 Å². The third-order valence-electron chi connectivity index (χ3n) is 6.56. The van der Waals surface area contributed by atoms with E-state index < -0.39 is 0 Å². The minimum Gasteiger partial charge on any atom is -0.506 e.